The van der Waals surface area contributed by atoms with Gasteiger partial charge in [0.1, 0.15) is 5.75 Å². The summed E-state index contributed by atoms with van der Waals surface area (Å²) in [7, 11) is 0. The van der Waals surface area contributed by atoms with Crippen LogP contribution in [0.25, 0.3) is 0 Å². The molecule has 0 amide bonds. The second-order valence-corrected chi connectivity index (χ2v) is 7.92. The molecule has 3 heteroatoms. The van der Waals surface area contributed by atoms with Gasteiger partial charge >= 0.3 is 0 Å². The number of nitrogens with one attached hydrogen (secondary N) is 1. The van der Waals surface area contributed by atoms with Crippen molar-refractivity contribution < 1.29 is 9.47 Å². The highest BCUT2D eigenvalue weighted by Crippen LogP contribution is 2.29. The number of hydrogen-bond acceptors (Lipinski definition) is 3. The van der Waals surface area contributed by atoms with Crippen LogP contribution in [0, 0.1) is 5.92 Å². The first-order valence-corrected chi connectivity index (χ1v) is 8.93. The monoisotopic (exact) mass is 319 g/mol. The third-order valence-electron chi connectivity index (χ3n) is 4.39. The van der Waals surface area contributed by atoms with Gasteiger partial charge < -0.3 is 14.8 Å². The van der Waals surface area contributed by atoms with Gasteiger partial charge in [-0.25, -0.2) is 0 Å². The zero-order valence-corrected chi connectivity index (χ0v) is 15.6. The van der Waals surface area contributed by atoms with E-state index in [9.17, 15) is 0 Å². The molecule has 0 bridgehead atoms. The van der Waals surface area contributed by atoms with Gasteiger partial charge in [0.05, 0.1) is 11.7 Å². The molecule has 1 fully saturated rings. The lowest BCUT2D eigenvalue weighted by molar-refractivity contribution is -0.0648. The number of ether oxygens (including phenoxy) is 2. The molecule has 0 aliphatic carbocycles. The van der Waals surface area contributed by atoms with Gasteiger partial charge in [-0.2, -0.15) is 0 Å². The summed E-state index contributed by atoms with van der Waals surface area (Å²) >= 11 is 0. The van der Waals surface area contributed by atoms with Crippen molar-refractivity contribution in [2.24, 2.45) is 5.92 Å². The molecule has 0 unspecified atom stereocenters. The average Bonchev–Trinajstić information content (AvgIpc) is 2.44. The fourth-order valence-corrected chi connectivity index (χ4v) is 3.33. The topological polar surface area (TPSA) is 30.5 Å². The van der Waals surface area contributed by atoms with E-state index in [1.54, 1.807) is 0 Å². The average molecular weight is 319 g/mol. The molecule has 1 saturated heterocycles. The van der Waals surface area contributed by atoms with Crippen LogP contribution in [0.3, 0.4) is 0 Å². The summed E-state index contributed by atoms with van der Waals surface area (Å²) in [6, 6.07) is 9.43. The standard InChI is InChI=1S/C20H33NO2/c1-14(2)19(21-17-11-12-22-20(5,6)13-17)16-7-9-18(10-8-16)23-15(3)4/h7-10,14-15,17,19,21H,11-13H2,1-6H3/t17-,19+/m1/s1. The van der Waals surface area contributed by atoms with Crippen LogP contribution in [0.4, 0.5) is 0 Å². The maximum absolute atomic E-state index is 5.84. The van der Waals surface area contributed by atoms with E-state index in [1.165, 1.54) is 5.56 Å². The van der Waals surface area contributed by atoms with Crippen LogP contribution in [-0.2, 0) is 4.74 Å². The Hall–Kier alpha value is -1.06. The van der Waals surface area contributed by atoms with Crippen molar-refractivity contribution in [3.63, 3.8) is 0 Å². The second-order valence-electron chi connectivity index (χ2n) is 7.92. The highest BCUT2D eigenvalue weighted by Gasteiger charge is 2.30. The second kappa shape index (κ2) is 7.67. The molecule has 0 aromatic heterocycles. The largest absolute Gasteiger partial charge is 0.491 e. The van der Waals surface area contributed by atoms with Crippen LogP contribution in [0.15, 0.2) is 24.3 Å². The van der Waals surface area contributed by atoms with Crippen LogP contribution in [0.5, 0.6) is 5.75 Å². The van der Waals surface area contributed by atoms with E-state index in [-0.39, 0.29) is 11.7 Å². The van der Waals surface area contributed by atoms with E-state index in [0.29, 0.717) is 18.0 Å². The van der Waals surface area contributed by atoms with Crippen LogP contribution in [0.2, 0.25) is 0 Å². The predicted octanol–water partition coefficient (Wildman–Crippen LogP) is 4.72. The highest BCUT2D eigenvalue weighted by molar-refractivity contribution is 5.29. The summed E-state index contributed by atoms with van der Waals surface area (Å²) in [5, 5.41) is 3.87. The van der Waals surface area contributed by atoms with Gasteiger partial charge in [0.15, 0.2) is 0 Å². The summed E-state index contributed by atoms with van der Waals surface area (Å²) in [5.41, 5.74) is 1.31. The van der Waals surface area contributed by atoms with Crippen LogP contribution >= 0.6 is 0 Å². The SMILES string of the molecule is CC(C)Oc1ccc([C@@H](N[C@@H]2CCOC(C)(C)C2)C(C)C)cc1. The lowest BCUT2D eigenvalue weighted by Gasteiger charge is -2.38. The molecule has 23 heavy (non-hydrogen) atoms. The molecule has 0 saturated carbocycles. The van der Waals surface area contributed by atoms with Crippen LogP contribution in [-0.4, -0.2) is 24.4 Å². The predicted molar refractivity (Wildman–Crippen MR) is 96.0 cm³/mol. The van der Waals surface area contributed by atoms with Gasteiger partial charge in [0.2, 0.25) is 0 Å². The molecule has 0 spiro atoms. The fourth-order valence-electron chi connectivity index (χ4n) is 3.33. The van der Waals surface area contributed by atoms with Crippen molar-refractivity contribution in [2.45, 2.75) is 78.2 Å². The van der Waals surface area contributed by atoms with Crippen LogP contribution in [0.1, 0.15) is 66.0 Å². The van der Waals surface area contributed by atoms with E-state index in [4.69, 9.17) is 9.47 Å². The minimum Gasteiger partial charge on any atom is -0.491 e. The Balaban J connectivity index is 2.06. The first-order chi connectivity index (χ1) is 10.8. The summed E-state index contributed by atoms with van der Waals surface area (Å²) in [6.07, 6.45) is 2.36. The minimum atomic E-state index is -0.0214. The van der Waals surface area contributed by atoms with Gasteiger partial charge in [0, 0.05) is 18.7 Å². The van der Waals surface area contributed by atoms with Crippen molar-refractivity contribution in [3.8, 4) is 5.75 Å². The Morgan fingerprint density at radius 2 is 1.78 bits per heavy atom. The van der Waals surface area contributed by atoms with Crippen molar-refractivity contribution in [3.05, 3.63) is 29.8 Å². The zero-order chi connectivity index (χ0) is 17.0. The molecule has 1 aliphatic rings. The molecule has 3 nitrogen and oxygen atoms in total. The molecular formula is C20H33NO2. The summed E-state index contributed by atoms with van der Waals surface area (Å²) in [5.74, 6) is 1.48. The molecule has 1 aliphatic heterocycles. The molecule has 0 radical (unpaired) electrons. The summed E-state index contributed by atoms with van der Waals surface area (Å²) in [4.78, 5) is 0. The van der Waals surface area contributed by atoms with E-state index in [0.717, 1.165) is 25.2 Å². The third kappa shape index (κ3) is 5.50. The van der Waals surface area contributed by atoms with Gasteiger partial charge in [-0.3, -0.25) is 0 Å². The number of rotatable bonds is 6. The molecule has 2 rings (SSSR count). The van der Waals surface area contributed by atoms with E-state index in [2.05, 4.69) is 71.1 Å². The van der Waals surface area contributed by atoms with E-state index in [1.807, 2.05) is 0 Å². The third-order valence-corrected chi connectivity index (χ3v) is 4.39. The maximum atomic E-state index is 5.84. The number of hydrogen-bond donors (Lipinski definition) is 1. The van der Waals surface area contributed by atoms with Crippen molar-refractivity contribution in [1.82, 2.24) is 5.32 Å². The van der Waals surface area contributed by atoms with Crippen LogP contribution < -0.4 is 10.1 Å². The van der Waals surface area contributed by atoms with Gasteiger partial charge in [0.25, 0.3) is 0 Å². The van der Waals surface area contributed by atoms with Gasteiger partial charge in [-0.05, 0) is 64.2 Å². The first kappa shape index (κ1) is 18.3. The zero-order valence-electron chi connectivity index (χ0n) is 15.6. The van der Waals surface area contributed by atoms with Gasteiger partial charge in [-0.1, -0.05) is 26.0 Å². The number of benzene rings is 1. The molecule has 1 aromatic carbocycles. The molecule has 130 valence electrons. The van der Waals surface area contributed by atoms with E-state index >= 15 is 0 Å². The lowest BCUT2D eigenvalue weighted by Crippen LogP contribution is -2.45. The Labute approximate surface area is 141 Å². The van der Waals surface area contributed by atoms with Crippen molar-refractivity contribution in [1.29, 1.82) is 0 Å². The highest BCUT2D eigenvalue weighted by atomic mass is 16.5. The minimum absolute atomic E-state index is 0.0214. The lowest BCUT2D eigenvalue weighted by atomic mass is 9.90. The smallest absolute Gasteiger partial charge is 0.119 e. The Bertz CT molecular complexity index is 479. The first-order valence-electron chi connectivity index (χ1n) is 8.93. The molecular weight excluding hydrogens is 286 g/mol. The Morgan fingerprint density at radius 1 is 1.13 bits per heavy atom. The summed E-state index contributed by atoms with van der Waals surface area (Å²) in [6.45, 7) is 13.9. The molecule has 1 heterocycles. The van der Waals surface area contributed by atoms with Crippen molar-refractivity contribution >= 4 is 0 Å². The van der Waals surface area contributed by atoms with Crippen molar-refractivity contribution in [2.75, 3.05) is 6.61 Å². The normalized spacial score (nSPS) is 22.3. The Kier molecular flexibility index (Phi) is 6.10. The fraction of sp³-hybridized carbons (Fsp3) is 0.700. The quantitative estimate of drug-likeness (QED) is 0.823. The van der Waals surface area contributed by atoms with E-state index < -0.39 is 0 Å². The molecule has 2 atom stereocenters. The molecule has 1 aromatic rings. The Morgan fingerprint density at radius 3 is 2.30 bits per heavy atom. The molecule has 1 N–H and O–H groups in total. The van der Waals surface area contributed by atoms with Gasteiger partial charge in [-0.15, -0.1) is 0 Å². The summed E-state index contributed by atoms with van der Waals surface area (Å²) < 4.78 is 11.6. The maximum Gasteiger partial charge on any atom is 0.119 e.